The van der Waals surface area contributed by atoms with Gasteiger partial charge in [0, 0.05) is 23.5 Å². The minimum atomic E-state index is -0.213. The van der Waals surface area contributed by atoms with Crippen LogP contribution < -0.4 is 5.32 Å². The Bertz CT molecular complexity index is 516. The van der Waals surface area contributed by atoms with Crippen molar-refractivity contribution in [3.63, 3.8) is 0 Å². The molecule has 1 aromatic heterocycles. The summed E-state index contributed by atoms with van der Waals surface area (Å²) < 4.78 is 0. The van der Waals surface area contributed by atoms with Crippen LogP contribution >= 0.6 is 11.3 Å². The van der Waals surface area contributed by atoms with E-state index in [0.717, 1.165) is 36.6 Å². The minimum absolute atomic E-state index is 0.213. The number of nitrogens with one attached hydrogen (secondary N) is 1. The van der Waals surface area contributed by atoms with Gasteiger partial charge in [0.05, 0.1) is 5.01 Å². The van der Waals surface area contributed by atoms with Crippen molar-refractivity contribution in [2.45, 2.75) is 63.8 Å². The molecule has 0 aromatic carbocycles. The molecule has 0 bridgehead atoms. The smallest absolute Gasteiger partial charge is 0.240 e. The predicted molar refractivity (Wildman–Crippen MR) is 90.3 cm³/mol. The van der Waals surface area contributed by atoms with E-state index in [-0.39, 0.29) is 11.4 Å². The normalized spacial score (nSPS) is 22.8. The van der Waals surface area contributed by atoms with Gasteiger partial charge in [-0.3, -0.25) is 9.69 Å². The van der Waals surface area contributed by atoms with Gasteiger partial charge in [0.25, 0.3) is 0 Å². The van der Waals surface area contributed by atoms with Crippen molar-refractivity contribution in [2.75, 3.05) is 19.6 Å². The van der Waals surface area contributed by atoms with Crippen LogP contribution in [0.25, 0.3) is 0 Å². The van der Waals surface area contributed by atoms with Crippen molar-refractivity contribution >= 4 is 17.2 Å². The fraction of sp³-hybridized carbons (Fsp3) is 0.765. The molecule has 1 saturated carbocycles. The number of rotatable bonds is 5. The molecule has 1 saturated heterocycles. The van der Waals surface area contributed by atoms with Crippen LogP contribution in [0, 0.1) is 6.92 Å². The molecule has 1 amide bonds. The number of hydrogen-bond donors (Lipinski definition) is 1. The van der Waals surface area contributed by atoms with E-state index in [0.29, 0.717) is 12.5 Å². The average Bonchev–Trinajstić information content (AvgIpc) is 3.23. The first-order chi connectivity index (χ1) is 10.6. The Kier molecular flexibility index (Phi) is 4.83. The van der Waals surface area contributed by atoms with Crippen LogP contribution in [0.4, 0.5) is 0 Å². The summed E-state index contributed by atoms with van der Waals surface area (Å²) in [6.07, 6.45) is 6.91. The molecule has 1 aliphatic heterocycles. The van der Waals surface area contributed by atoms with Gasteiger partial charge in [-0.25, -0.2) is 4.98 Å². The Morgan fingerprint density at radius 3 is 2.64 bits per heavy atom. The maximum atomic E-state index is 12.9. The van der Waals surface area contributed by atoms with E-state index in [1.807, 2.05) is 6.92 Å². The SMILES string of the molecule is Cc1csc([C@H](C)CNC(=O)C2(N3CCCC3)CCCC2)n1. The summed E-state index contributed by atoms with van der Waals surface area (Å²) in [7, 11) is 0. The van der Waals surface area contributed by atoms with E-state index in [1.165, 1.54) is 25.7 Å². The molecule has 5 heteroatoms. The van der Waals surface area contributed by atoms with Crippen LogP contribution in [0.1, 0.15) is 62.1 Å². The monoisotopic (exact) mass is 321 g/mol. The van der Waals surface area contributed by atoms with Crippen molar-refractivity contribution in [3.05, 3.63) is 16.1 Å². The van der Waals surface area contributed by atoms with Crippen molar-refractivity contribution in [2.24, 2.45) is 0 Å². The van der Waals surface area contributed by atoms with Gasteiger partial charge in [0.1, 0.15) is 5.54 Å². The molecule has 22 heavy (non-hydrogen) atoms. The van der Waals surface area contributed by atoms with Crippen molar-refractivity contribution < 1.29 is 4.79 Å². The number of likely N-dealkylation sites (tertiary alicyclic amines) is 1. The van der Waals surface area contributed by atoms with Gasteiger partial charge < -0.3 is 5.32 Å². The third kappa shape index (κ3) is 3.06. The second-order valence-corrected chi connectivity index (χ2v) is 7.76. The first-order valence-electron chi connectivity index (χ1n) is 8.57. The zero-order valence-electron chi connectivity index (χ0n) is 13.7. The Morgan fingerprint density at radius 2 is 2.05 bits per heavy atom. The van der Waals surface area contributed by atoms with Gasteiger partial charge in [-0.2, -0.15) is 0 Å². The molecule has 1 aromatic rings. The number of carbonyl (C=O) groups excluding carboxylic acids is 1. The Labute approximate surface area is 137 Å². The number of hydrogen-bond acceptors (Lipinski definition) is 4. The molecule has 2 heterocycles. The van der Waals surface area contributed by atoms with Gasteiger partial charge in [-0.1, -0.05) is 19.8 Å². The fourth-order valence-corrected chi connectivity index (χ4v) is 4.74. The molecule has 0 radical (unpaired) electrons. The molecule has 2 aliphatic rings. The average molecular weight is 321 g/mol. The second kappa shape index (κ2) is 6.67. The Balaban J connectivity index is 1.62. The standard InChI is InChI=1S/C17H27N3OS/c1-13(15-19-14(2)12-22-15)11-18-16(21)17(7-3-4-8-17)20-9-5-6-10-20/h12-13H,3-11H2,1-2H3,(H,18,21)/t13-/m1/s1. The summed E-state index contributed by atoms with van der Waals surface area (Å²) >= 11 is 1.69. The highest BCUT2D eigenvalue weighted by Crippen LogP contribution is 2.37. The predicted octanol–water partition coefficient (Wildman–Crippen LogP) is 3.08. The zero-order valence-corrected chi connectivity index (χ0v) is 14.5. The lowest BCUT2D eigenvalue weighted by molar-refractivity contribution is -0.132. The van der Waals surface area contributed by atoms with Gasteiger partial charge in [-0.05, 0) is 45.7 Å². The first-order valence-corrected chi connectivity index (χ1v) is 9.45. The van der Waals surface area contributed by atoms with E-state index < -0.39 is 0 Å². The molecule has 1 aliphatic carbocycles. The van der Waals surface area contributed by atoms with Gasteiger partial charge in [0.15, 0.2) is 0 Å². The van der Waals surface area contributed by atoms with Crippen molar-refractivity contribution in [1.29, 1.82) is 0 Å². The number of amides is 1. The summed E-state index contributed by atoms with van der Waals surface area (Å²) in [5.74, 6) is 0.548. The number of carbonyl (C=O) groups is 1. The largest absolute Gasteiger partial charge is 0.354 e. The fourth-order valence-electron chi connectivity index (χ4n) is 3.89. The summed E-state index contributed by atoms with van der Waals surface area (Å²) in [6.45, 7) is 7.05. The van der Waals surface area contributed by atoms with E-state index in [9.17, 15) is 4.79 Å². The van der Waals surface area contributed by atoms with E-state index in [1.54, 1.807) is 11.3 Å². The van der Waals surface area contributed by atoms with Gasteiger partial charge in [-0.15, -0.1) is 11.3 Å². The summed E-state index contributed by atoms with van der Waals surface area (Å²) in [5, 5.41) is 6.44. The first kappa shape index (κ1) is 15.9. The van der Waals surface area contributed by atoms with Crippen molar-refractivity contribution in [3.8, 4) is 0 Å². The molecule has 2 fully saturated rings. The number of thiazole rings is 1. The van der Waals surface area contributed by atoms with E-state index in [4.69, 9.17) is 0 Å². The highest BCUT2D eigenvalue weighted by molar-refractivity contribution is 7.09. The number of aryl methyl sites for hydroxylation is 1. The third-order valence-electron chi connectivity index (χ3n) is 5.19. The molecule has 4 nitrogen and oxygen atoms in total. The molecular weight excluding hydrogens is 294 g/mol. The van der Waals surface area contributed by atoms with Crippen LogP contribution in [0.15, 0.2) is 5.38 Å². The van der Waals surface area contributed by atoms with E-state index in [2.05, 4.69) is 27.5 Å². The van der Waals surface area contributed by atoms with E-state index >= 15 is 0 Å². The molecule has 3 rings (SSSR count). The molecule has 122 valence electrons. The van der Waals surface area contributed by atoms with Crippen molar-refractivity contribution in [1.82, 2.24) is 15.2 Å². The van der Waals surface area contributed by atoms with Gasteiger partial charge >= 0.3 is 0 Å². The zero-order chi connectivity index (χ0) is 15.6. The van der Waals surface area contributed by atoms with Crippen LogP contribution in [0.3, 0.4) is 0 Å². The molecule has 0 spiro atoms. The summed E-state index contributed by atoms with van der Waals surface area (Å²) in [6, 6.07) is 0. The summed E-state index contributed by atoms with van der Waals surface area (Å²) in [4.78, 5) is 19.9. The second-order valence-electron chi connectivity index (χ2n) is 6.87. The maximum Gasteiger partial charge on any atom is 0.240 e. The van der Waals surface area contributed by atoms with Crippen LogP contribution in [0.2, 0.25) is 0 Å². The summed E-state index contributed by atoms with van der Waals surface area (Å²) in [5.41, 5.74) is 0.858. The van der Waals surface area contributed by atoms with Crippen LogP contribution in [-0.4, -0.2) is 41.0 Å². The lowest BCUT2D eigenvalue weighted by Gasteiger charge is -2.37. The molecule has 0 unspecified atom stereocenters. The maximum absolute atomic E-state index is 12.9. The molecular formula is C17H27N3OS. The van der Waals surface area contributed by atoms with Crippen LogP contribution in [0.5, 0.6) is 0 Å². The Morgan fingerprint density at radius 1 is 1.36 bits per heavy atom. The highest BCUT2D eigenvalue weighted by Gasteiger charge is 2.46. The number of aromatic nitrogens is 1. The molecule has 1 atom stereocenters. The quantitative estimate of drug-likeness (QED) is 0.906. The minimum Gasteiger partial charge on any atom is -0.354 e. The molecule has 1 N–H and O–H groups in total. The third-order valence-corrected chi connectivity index (χ3v) is 6.39. The van der Waals surface area contributed by atoms with Crippen LogP contribution in [-0.2, 0) is 4.79 Å². The number of nitrogens with zero attached hydrogens (tertiary/aromatic N) is 2. The Hall–Kier alpha value is -0.940. The lowest BCUT2D eigenvalue weighted by Crippen LogP contribution is -2.56. The topological polar surface area (TPSA) is 45.2 Å². The lowest BCUT2D eigenvalue weighted by atomic mass is 9.94. The highest BCUT2D eigenvalue weighted by atomic mass is 32.1. The van der Waals surface area contributed by atoms with Gasteiger partial charge in [0.2, 0.25) is 5.91 Å².